The molecule has 1 N–H and O–H groups in total. The first kappa shape index (κ1) is 21.3. The first-order valence-electron chi connectivity index (χ1n) is 9.10. The van der Waals surface area contributed by atoms with Gasteiger partial charge >= 0.3 is 6.18 Å². The lowest BCUT2D eigenvalue weighted by Crippen LogP contribution is -2.18. The van der Waals surface area contributed by atoms with Gasteiger partial charge < -0.3 is 14.0 Å². The summed E-state index contributed by atoms with van der Waals surface area (Å²) in [5, 5.41) is 0. The van der Waals surface area contributed by atoms with Crippen LogP contribution in [0.25, 0.3) is 11.3 Å². The van der Waals surface area contributed by atoms with Crippen molar-refractivity contribution >= 4 is 10.0 Å². The first-order valence-corrected chi connectivity index (χ1v) is 10.6. The number of sulfonamides is 1. The molecule has 0 saturated heterocycles. The zero-order valence-electron chi connectivity index (χ0n) is 16.2. The molecule has 0 atom stereocenters. The molecular weight excluding hydrogens is 437 g/mol. The second kappa shape index (κ2) is 7.94. The monoisotopic (exact) mass is 454 g/mol. The van der Waals surface area contributed by atoms with E-state index in [0.29, 0.717) is 31.3 Å². The largest absolute Gasteiger partial charge is 0.438 e. The van der Waals surface area contributed by atoms with Crippen molar-refractivity contribution in [2.24, 2.45) is 0 Å². The molecule has 12 heteroatoms. The van der Waals surface area contributed by atoms with Gasteiger partial charge in [0.25, 0.3) is 0 Å². The van der Waals surface area contributed by atoms with E-state index in [9.17, 15) is 21.6 Å². The Morgan fingerprint density at radius 2 is 1.97 bits per heavy atom. The van der Waals surface area contributed by atoms with Crippen LogP contribution < -0.4 is 9.46 Å². The molecule has 1 aromatic carbocycles. The Labute approximate surface area is 175 Å². The van der Waals surface area contributed by atoms with Gasteiger partial charge in [0.1, 0.15) is 23.1 Å². The zero-order chi connectivity index (χ0) is 22.2. The predicted octanol–water partition coefficient (Wildman–Crippen LogP) is 3.19. The minimum Gasteiger partial charge on any atom is -0.438 e. The van der Waals surface area contributed by atoms with Crippen LogP contribution in [0.1, 0.15) is 11.4 Å². The number of alkyl halides is 3. The molecule has 3 heterocycles. The summed E-state index contributed by atoms with van der Waals surface area (Å²) in [7, 11) is -2.52. The van der Waals surface area contributed by atoms with Crippen molar-refractivity contribution in [1.29, 1.82) is 0 Å². The van der Waals surface area contributed by atoms with E-state index in [4.69, 9.17) is 9.47 Å². The molecule has 4 rings (SSSR count). The summed E-state index contributed by atoms with van der Waals surface area (Å²) in [4.78, 5) is 8.47. The molecule has 0 fully saturated rings. The molecule has 0 aliphatic carbocycles. The van der Waals surface area contributed by atoms with Crippen molar-refractivity contribution in [2.75, 3.05) is 13.7 Å². The summed E-state index contributed by atoms with van der Waals surface area (Å²) >= 11 is 0. The van der Waals surface area contributed by atoms with Gasteiger partial charge in [-0.05, 0) is 37.4 Å². The van der Waals surface area contributed by atoms with Crippen LogP contribution in [0.15, 0.2) is 47.6 Å². The highest BCUT2D eigenvalue weighted by Gasteiger charge is 2.30. The van der Waals surface area contributed by atoms with Crippen molar-refractivity contribution < 1.29 is 31.1 Å². The number of halogens is 3. The Balaban J connectivity index is 1.75. The Morgan fingerprint density at radius 1 is 1.23 bits per heavy atom. The van der Waals surface area contributed by atoms with Gasteiger partial charge in [-0.1, -0.05) is 0 Å². The summed E-state index contributed by atoms with van der Waals surface area (Å²) in [6, 6.07) is 5.47. The summed E-state index contributed by atoms with van der Waals surface area (Å²) in [6.45, 7) is 1.40. The fourth-order valence-electron chi connectivity index (χ4n) is 3.01. The maximum absolute atomic E-state index is 12.8. The topological polar surface area (TPSA) is 95.3 Å². The van der Waals surface area contributed by atoms with Crippen LogP contribution in [0.5, 0.6) is 11.6 Å². The highest BCUT2D eigenvalue weighted by atomic mass is 32.2. The van der Waals surface area contributed by atoms with Gasteiger partial charge in [-0.2, -0.15) is 13.2 Å². The van der Waals surface area contributed by atoms with Crippen LogP contribution >= 0.6 is 0 Å². The van der Waals surface area contributed by atoms with E-state index in [0.717, 1.165) is 18.3 Å². The molecule has 1 aliphatic heterocycles. The molecule has 0 spiro atoms. The molecule has 3 aromatic rings. The molecular formula is C19H17F3N4O4S. The summed E-state index contributed by atoms with van der Waals surface area (Å²) in [6.07, 6.45) is -1.64. The average Bonchev–Trinajstić information content (AvgIpc) is 3.18. The lowest BCUT2D eigenvalue weighted by molar-refractivity contribution is -0.137. The molecule has 0 radical (unpaired) electrons. The summed E-state index contributed by atoms with van der Waals surface area (Å²) in [5.41, 5.74) is -0.133. The second-order valence-electron chi connectivity index (χ2n) is 6.64. The van der Waals surface area contributed by atoms with Gasteiger partial charge in [0.05, 0.1) is 29.6 Å². The third-order valence-electron chi connectivity index (χ3n) is 4.64. The van der Waals surface area contributed by atoms with Crippen molar-refractivity contribution in [3.05, 3.63) is 54.1 Å². The minimum absolute atomic E-state index is 0.00572. The fourth-order valence-corrected chi connectivity index (χ4v) is 3.71. The molecule has 2 aromatic heterocycles. The van der Waals surface area contributed by atoms with Crippen molar-refractivity contribution in [1.82, 2.24) is 19.3 Å². The van der Waals surface area contributed by atoms with Crippen LogP contribution in [0.2, 0.25) is 0 Å². The van der Waals surface area contributed by atoms with Gasteiger partial charge in [-0.3, -0.25) is 0 Å². The summed E-state index contributed by atoms with van der Waals surface area (Å²) in [5.74, 6) is 0.771. The minimum atomic E-state index is -4.47. The Morgan fingerprint density at radius 3 is 2.61 bits per heavy atom. The number of imidazole rings is 1. The van der Waals surface area contributed by atoms with Gasteiger partial charge in [0, 0.05) is 12.7 Å². The third-order valence-corrected chi connectivity index (χ3v) is 6.03. The van der Waals surface area contributed by atoms with E-state index < -0.39 is 21.8 Å². The smallest absolute Gasteiger partial charge is 0.416 e. The number of rotatable bonds is 5. The standard InChI is InChI=1S/C19H17F3N4O4S/c1-23-31(27,28)14-8-15(16-10-26-6-7-29-11-17(26)25-16)18(24-9-14)30-13-4-2-12(3-5-13)19(20,21)22/h2-5,8-10,23H,6-7,11H2,1H3. The predicted molar refractivity (Wildman–Crippen MR) is 103 cm³/mol. The van der Waals surface area contributed by atoms with Crippen LogP contribution in [0.4, 0.5) is 13.2 Å². The lowest BCUT2D eigenvalue weighted by atomic mass is 10.2. The number of nitrogens with zero attached hydrogens (tertiary/aromatic N) is 3. The molecule has 0 amide bonds. The van der Waals surface area contributed by atoms with E-state index in [1.54, 1.807) is 6.20 Å². The number of benzene rings is 1. The van der Waals surface area contributed by atoms with Gasteiger partial charge in [-0.15, -0.1) is 0 Å². The van der Waals surface area contributed by atoms with Crippen LogP contribution in [-0.2, 0) is 34.1 Å². The van der Waals surface area contributed by atoms with Gasteiger partial charge in [-0.25, -0.2) is 23.1 Å². The van der Waals surface area contributed by atoms with Crippen molar-refractivity contribution in [2.45, 2.75) is 24.2 Å². The number of ether oxygens (including phenoxy) is 2. The summed E-state index contributed by atoms with van der Waals surface area (Å²) < 4.78 is 78.0. The van der Waals surface area contributed by atoms with Crippen LogP contribution in [0, 0.1) is 0 Å². The number of fused-ring (bicyclic) bond motifs is 1. The van der Waals surface area contributed by atoms with Crippen molar-refractivity contribution in [3.63, 3.8) is 0 Å². The molecule has 31 heavy (non-hydrogen) atoms. The molecule has 0 unspecified atom stereocenters. The Kier molecular flexibility index (Phi) is 5.45. The van der Waals surface area contributed by atoms with Crippen LogP contribution in [-0.4, -0.2) is 36.6 Å². The maximum Gasteiger partial charge on any atom is 0.416 e. The Bertz CT molecular complexity index is 1180. The van der Waals surface area contributed by atoms with Gasteiger partial charge in [0.15, 0.2) is 0 Å². The molecule has 1 aliphatic rings. The molecule has 164 valence electrons. The molecule has 0 saturated carbocycles. The zero-order valence-corrected chi connectivity index (χ0v) is 17.0. The molecule has 8 nitrogen and oxygen atoms in total. The highest BCUT2D eigenvalue weighted by Crippen LogP contribution is 2.35. The Hall–Kier alpha value is -2.96. The third kappa shape index (κ3) is 4.40. The van der Waals surface area contributed by atoms with E-state index in [-0.39, 0.29) is 22.1 Å². The lowest BCUT2D eigenvalue weighted by Gasteiger charge is -2.13. The number of nitrogens with one attached hydrogen (secondary N) is 1. The molecule has 0 bridgehead atoms. The van der Waals surface area contributed by atoms with Crippen LogP contribution in [0.3, 0.4) is 0 Å². The fraction of sp³-hybridized carbons (Fsp3) is 0.263. The number of hydrogen-bond acceptors (Lipinski definition) is 6. The quantitative estimate of drug-likeness (QED) is 0.636. The van der Waals surface area contributed by atoms with E-state index in [1.807, 2.05) is 4.57 Å². The van der Waals surface area contributed by atoms with E-state index in [2.05, 4.69) is 14.7 Å². The van der Waals surface area contributed by atoms with E-state index in [1.165, 1.54) is 25.2 Å². The SMILES string of the molecule is CNS(=O)(=O)c1cnc(Oc2ccc(C(F)(F)F)cc2)c(-c2cn3c(n2)COCC3)c1. The average molecular weight is 454 g/mol. The number of hydrogen-bond donors (Lipinski definition) is 1. The first-order chi connectivity index (χ1) is 14.7. The maximum atomic E-state index is 12.8. The highest BCUT2D eigenvalue weighted by molar-refractivity contribution is 7.89. The van der Waals surface area contributed by atoms with Crippen molar-refractivity contribution in [3.8, 4) is 22.9 Å². The number of pyridine rings is 1. The second-order valence-corrected chi connectivity index (χ2v) is 8.53. The van der Waals surface area contributed by atoms with Gasteiger partial charge in [0.2, 0.25) is 15.9 Å². The van der Waals surface area contributed by atoms with E-state index >= 15 is 0 Å². The normalized spacial score (nSPS) is 14.3. The number of aromatic nitrogens is 3.